The van der Waals surface area contributed by atoms with E-state index in [4.69, 9.17) is 11.6 Å². The zero-order valence-electron chi connectivity index (χ0n) is 7.60. The van der Waals surface area contributed by atoms with Crippen molar-refractivity contribution < 1.29 is 0 Å². The van der Waals surface area contributed by atoms with Crippen molar-refractivity contribution in [2.24, 2.45) is 5.92 Å². The van der Waals surface area contributed by atoms with E-state index >= 15 is 0 Å². The fraction of sp³-hybridized carbons (Fsp3) is 0.400. The predicted octanol–water partition coefficient (Wildman–Crippen LogP) is 2.81. The number of hydrogen-bond acceptors (Lipinski definition) is 2. The number of halogens is 1. The SMILES string of the molecule is CC1CNc2cccc(Cl)c2NC1. The van der Waals surface area contributed by atoms with Crippen LogP contribution in [0.1, 0.15) is 6.92 Å². The van der Waals surface area contributed by atoms with Gasteiger partial charge < -0.3 is 10.6 Å². The molecule has 1 aromatic rings. The van der Waals surface area contributed by atoms with E-state index in [2.05, 4.69) is 17.6 Å². The Morgan fingerprint density at radius 3 is 2.92 bits per heavy atom. The van der Waals surface area contributed by atoms with Crippen molar-refractivity contribution in [3.05, 3.63) is 23.2 Å². The standard InChI is InChI=1S/C10H13ClN2/c1-7-5-12-9-4-2-3-8(11)10(9)13-6-7/h2-4,7,12-13H,5-6H2,1H3. The second-order valence-corrected chi connectivity index (χ2v) is 3.94. The molecule has 1 aliphatic rings. The molecule has 2 nitrogen and oxygen atoms in total. The largest absolute Gasteiger partial charge is 0.383 e. The molecule has 0 spiro atoms. The van der Waals surface area contributed by atoms with Crippen molar-refractivity contribution >= 4 is 23.0 Å². The molecule has 0 bridgehead atoms. The van der Waals surface area contributed by atoms with Gasteiger partial charge in [0.05, 0.1) is 16.4 Å². The smallest absolute Gasteiger partial charge is 0.0765 e. The fourth-order valence-corrected chi connectivity index (χ4v) is 1.73. The average Bonchev–Trinajstić information content (AvgIpc) is 2.30. The minimum absolute atomic E-state index is 0.628. The van der Waals surface area contributed by atoms with Gasteiger partial charge in [-0.05, 0) is 18.1 Å². The highest BCUT2D eigenvalue weighted by Crippen LogP contribution is 2.31. The number of nitrogens with one attached hydrogen (secondary N) is 2. The Bertz CT molecular complexity index is 312. The van der Waals surface area contributed by atoms with Gasteiger partial charge in [-0.25, -0.2) is 0 Å². The van der Waals surface area contributed by atoms with Crippen LogP contribution < -0.4 is 10.6 Å². The first-order valence-corrected chi connectivity index (χ1v) is 4.91. The van der Waals surface area contributed by atoms with Gasteiger partial charge in [-0.15, -0.1) is 0 Å². The minimum atomic E-state index is 0.628. The topological polar surface area (TPSA) is 24.1 Å². The molecule has 13 heavy (non-hydrogen) atoms. The second-order valence-electron chi connectivity index (χ2n) is 3.53. The summed E-state index contributed by atoms with van der Waals surface area (Å²) in [5.74, 6) is 0.628. The van der Waals surface area contributed by atoms with Crippen molar-refractivity contribution in [2.75, 3.05) is 23.7 Å². The van der Waals surface area contributed by atoms with E-state index in [-0.39, 0.29) is 0 Å². The van der Waals surface area contributed by atoms with Crippen LogP contribution in [-0.2, 0) is 0 Å². The molecule has 1 aliphatic heterocycles. The van der Waals surface area contributed by atoms with Crippen molar-refractivity contribution in [1.29, 1.82) is 0 Å². The fourth-order valence-electron chi connectivity index (χ4n) is 1.48. The molecule has 1 unspecified atom stereocenters. The lowest BCUT2D eigenvalue weighted by Crippen LogP contribution is -2.14. The van der Waals surface area contributed by atoms with Crippen LogP contribution in [0.2, 0.25) is 5.02 Å². The molecule has 0 aliphatic carbocycles. The van der Waals surface area contributed by atoms with E-state index in [0.29, 0.717) is 5.92 Å². The molecule has 2 N–H and O–H groups in total. The third-order valence-corrected chi connectivity index (χ3v) is 2.60. The lowest BCUT2D eigenvalue weighted by molar-refractivity contribution is 0.657. The molecule has 1 aromatic carbocycles. The number of para-hydroxylation sites is 1. The molecular formula is C10H13ClN2. The van der Waals surface area contributed by atoms with E-state index in [9.17, 15) is 0 Å². The van der Waals surface area contributed by atoms with Crippen LogP contribution in [0.4, 0.5) is 11.4 Å². The van der Waals surface area contributed by atoms with Crippen LogP contribution in [0, 0.1) is 5.92 Å². The summed E-state index contributed by atoms with van der Waals surface area (Å²) in [6.45, 7) is 4.18. The summed E-state index contributed by atoms with van der Waals surface area (Å²) in [6, 6.07) is 5.92. The molecule has 1 heterocycles. The van der Waals surface area contributed by atoms with Gasteiger partial charge in [-0.1, -0.05) is 24.6 Å². The van der Waals surface area contributed by atoms with E-state index in [1.165, 1.54) is 0 Å². The Morgan fingerprint density at radius 1 is 1.31 bits per heavy atom. The Labute approximate surface area is 83.3 Å². The molecule has 1 atom stereocenters. The van der Waals surface area contributed by atoms with Crippen LogP contribution >= 0.6 is 11.6 Å². The zero-order valence-corrected chi connectivity index (χ0v) is 8.36. The van der Waals surface area contributed by atoms with Gasteiger partial charge in [0.1, 0.15) is 0 Å². The molecule has 3 heteroatoms. The summed E-state index contributed by atoms with van der Waals surface area (Å²) in [6.07, 6.45) is 0. The predicted molar refractivity (Wildman–Crippen MR) is 57.6 cm³/mol. The minimum Gasteiger partial charge on any atom is -0.383 e. The first kappa shape index (κ1) is 8.70. The maximum atomic E-state index is 6.06. The highest BCUT2D eigenvalue weighted by atomic mass is 35.5. The van der Waals surface area contributed by atoms with Gasteiger partial charge in [0.15, 0.2) is 0 Å². The van der Waals surface area contributed by atoms with E-state index < -0.39 is 0 Å². The molecule has 2 rings (SSSR count). The second kappa shape index (κ2) is 3.46. The molecule has 0 saturated heterocycles. The van der Waals surface area contributed by atoms with Crippen LogP contribution in [0.15, 0.2) is 18.2 Å². The lowest BCUT2D eigenvalue weighted by atomic mass is 10.2. The van der Waals surface area contributed by atoms with Crippen molar-refractivity contribution in [1.82, 2.24) is 0 Å². The monoisotopic (exact) mass is 196 g/mol. The first-order chi connectivity index (χ1) is 6.27. The van der Waals surface area contributed by atoms with Crippen LogP contribution in [0.25, 0.3) is 0 Å². The normalized spacial score (nSPS) is 20.9. The lowest BCUT2D eigenvalue weighted by Gasteiger charge is -2.09. The van der Waals surface area contributed by atoms with Crippen LogP contribution in [0.3, 0.4) is 0 Å². The Morgan fingerprint density at radius 2 is 2.08 bits per heavy atom. The molecule has 0 radical (unpaired) electrons. The summed E-state index contributed by atoms with van der Waals surface area (Å²) in [4.78, 5) is 0. The van der Waals surface area contributed by atoms with E-state index in [1.54, 1.807) is 0 Å². The van der Waals surface area contributed by atoms with Gasteiger partial charge in [0.25, 0.3) is 0 Å². The van der Waals surface area contributed by atoms with Gasteiger partial charge in [0.2, 0.25) is 0 Å². The van der Waals surface area contributed by atoms with E-state index in [1.807, 2.05) is 18.2 Å². The quantitative estimate of drug-likeness (QED) is 0.667. The maximum absolute atomic E-state index is 6.06. The maximum Gasteiger partial charge on any atom is 0.0765 e. The number of hydrogen-bond donors (Lipinski definition) is 2. The summed E-state index contributed by atoms with van der Waals surface area (Å²) >= 11 is 6.06. The Kier molecular flexibility index (Phi) is 2.32. The van der Waals surface area contributed by atoms with Crippen LogP contribution in [-0.4, -0.2) is 13.1 Å². The first-order valence-electron chi connectivity index (χ1n) is 4.53. The molecule has 70 valence electrons. The number of anilines is 2. The van der Waals surface area contributed by atoms with Gasteiger partial charge >= 0.3 is 0 Å². The molecule has 0 fully saturated rings. The number of fused-ring (bicyclic) bond motifs is 1. The third kappa shape index (κ3) is 1.73. The summed E-state index contributed by atoms with van der Waals surface area (Å²) in [7, 11) is 0. The van der Waals surface area contributed by atoms with E-state index in [0.717, 1.165) is 29.5 Å². The summed E-state index contributed by atoms with van der Waals surface area (Å²) in [5.41, 5.74) is 2.14. The highest BCUT2D eigenvalue weighted by Gasteiger charge is 2.12. The van der Waals surface area contributed by atoms with Gasteiger partial charge in [-0.2, -0.15) is 0 Å². The van der Waals surface area contributed by atoms with Crippen molar-refractivity contribution in [3.8, 4) is 0 Å². The molecule has 0 saturated carbocycles. The van der Waals surface area contributed by atoms with Crippen molar-refractivity contribution in [2.45, 2.75) is 6.92 Å². The summed E-state index contributed by atoms with van der Waals surface area (Å²) < 4.78 is 0. The molecule has 0 aromatic heterocycles. The Hall–Kier alpha value is -0.890. The van der Waals surface area contributed by atoms with Crippen LogP contribution in [0.5, 0.6) is 0 Å². The Balaban J connectivity index is 2.35. The molecular weight excluding hydrogens is 184 g/mol. The third-order valence-electron chi connectivity index (χ3n) is 2.28. The number of benzene rings is 1. The zero-order chi connectivity index (χ0) is 9.26. The van der Waals surface area contributed by atoms with Gasteiger partial charge in [0, 0.05) is 13.1 Å². The highest BCUT2D eigenvalue weighted by molar-refractivity contribution is 6.34. The number of rotatable bonds is 0. The average molecular weight is 197 g/mol. The molecule has 0 amide bonds. The van der Waals surface area contributed by atoms with Gasteiger partial charge in [-0.3, -0.25) is 0 Å². The van der Waals surface area contributed by atoms with Crippen molar-refractivity contribution in [3.63, 3.8) is 0 Å². The summed E-state index contributed by atoms with van der Waals surface area (Å²) in [5, 5.41) is 7.51.